The van der Waals surface area contributed by atoms with Gasteiger partial charge >= 0.3 is 0 Å². The second-order valence-corrected chi connectivity index (χ2v) is 6.10. The molecule has 78 valence electrons. The molecule has 1 fully saturated rings. The molecule has 0 amide bonds. The lowest BCUT2D eigenvalue weighted by Crippen LogP contribution is -2.39. The smallest absolute Gasteiger partial charge is 0.107 e. The van der Waals surface area contributed by atoms with Crippen LogP contribution in [0.3, 0.4) is 0 Å². The van der Waals surface area contributed by atoms with Crippen LogP contribution in [0.25, 0.3) is 0 Å². The van der Waals surface area contributed by atoms with Gasteiger partial charge in [-0.2, -0.15) is 0 Å². The summed E-state index contributed by atoms with van der Waals surface area (Å²) in [5.41, 5.74) is 0. The highest BCUT2D eigenvalue weighted by atomic mass is 79.9. The van der Waals surface area contributed by atoms with Gasteiger partial charge in [0.05, 0.1) is 6.54 Å². The third-order valence-corrected chi connectivity index (χ3v) is 4.75. The summed E-state index contributed by atoms with van der Waals surface area (Å²) in [7, 11) is 0. The molecule has 0 aliphatic carbocycles. The van der Waals surface area contributed by atoms with Crippen molar-refractivity contribution in [3.05, 3.63) is 16.6 Å². The van der Waals surface area contributed by atoms with Gasteiger partial charge in [0.1, 0.15) is 5.01 Å². The summed E-state index contributed by atoms with van der Waals surface area (Å²) in [4.78, 5) is 7.45. The van der Waals surface area contributed by atoms with Crippen LogP contribution in [-0.2, 0) is 6.54 Å². The molecule has 0 saturated carbocycles. The molecule has 2 unspecified atom stereocenters. The average Bonchev–Trinajstić information content (AvgIpc) is 2.64. The fourth-order valence-corrected chi connectivity index (χ4v) is 3.08. The lowest BCUT2D eigenvalue weighted by Gasteiger charge is -2.33. The summed E-state index contributed by atoms with van der Waals surface area (Å²) in [5, 5.41) is 3.28. The fourth-order valence-electron chi connectivity index (χ4n) is 1.75. The van der Waals surface area contributed by atoms with Crippen LogP contribution in [0, 0.1) is 5.92 Å². The van der Waals surface area contributed by atoms with Gasteiger partial charge < -0.3 is 0 Å². The topological polar surface area (TPSA) is 16.1 Å². The number of thiazole rings is 1. The Hall–Kier alpha value is 0.0700. The largest absolute Gasteiger partial charge is 0.296 e. The number of likely N-dealkylation sites (tertiary alicyclic amines) is 1. The van der Waals surface area contributed by atoms with E-state index in [1.807, 2.05) is 11.6 Å². The maximum Gasteiger partial charge on any atom is 0.107 e. The molecule has 0 N–H and O–H groups in total. The van der Waals surface area contributed by atoms with E-state index < -0.39 is 0 Å². The van der Waals surface area contributed by atoms with Gasteiger partial charge in [-0.05, 0) is 18.9 Å². The van der Waals surface area contributed by atoms with Gasteiger partial charge in [-0.15, -0.1) is 11.3 Å². The molecule has 1 aromatic heterocycles. The van der Waals surface area contributed by atoms with Crippen molar-refractivity contribution in [3.63, 3.8) is 0 Å². The summed E-state index contributed by atoms with van der Waals surface area (Å²) in [6.45, 7) is 5.70. The quantitative estimate of drug-likeness (QED) is 0.771. The van der Waals surface area contributed by atoms with Gasteiger partial charge in [0.25, 0.3) is 0 Å². The molecule has 2 nitrogen and oxygen atoms in total. The minimum atomic E-state index is 0.649. The van der Waals surface area contributed by atoms with Crippen molar-refractivity contribution in [2.45, 2.75) is 24.7 Å². The maximum absolute atomic E-state index is 4.32. The first-order chi connectivity index (χ1) is 6.75. The number of hydrogen-bond acceptors (Lipinski definition) is 3. The number of piperidine rings is 1. The van der Waals surface area contributed by atoms with Crippen LogP contribution >= 0.6 is 27.3 Å². The first kappa shape index (κ1) is 10.6. The minimum Gasteiger partial charge on any atom is -0.296 e. The zero-order valence-corrected chi connectivity index (χ0v) is 10.7. The molecular formula is C10H15BrN2S. The highest BCUT2D eigenvalue weighted by Gasteiger charge is 2.24. The van der Waals surface area contributed by atoms with E-state index >= 15 is 0 Å². The molecule has 1 saturated heterocycles. The average molecular weight is 275 g/mol. The zero-order valence-electron chi connectivity index (χ0n) is 8.32. The summed E-state index contributed by atoms with van der Waals surface area (Å²) in [5.74, 6) is 0.808. The number of nitrogens with zero attached hydrogens (tertiary/aromatic N) is 2. The van der Waals surface area contributed by atoms with E-state index in [-0.39, 0.29) is 0 Å². The molecule has 2 rings (SSSR count). The van der Waals surface area contributed by atoms with Crippen molar-refractivity contribution >= 4 is 27.3 Å². The summed E-state index contributed by atoms with van der Waals surface area (Å²) < 4.78 is 0. The normalized spacial score (nSPS) is 29.3. The first-order valence-electron chi connectivity index (χ1n) is 5.00. The third kappa shape index (κ3) is 2.55. The first-order valence-corrected chi connectivity index (χ1v) is 6.80. The van der Waals surface area contributed by atoms with Crippen LogP contribution in [0.2, 0.25) is 0 Å². The molecule has 1 aromatic rings. The predicted molar refractivity (Wildman–Crippen MR) is 63.9 cm³/mol. The molecule has 1 aliphatic rings. The standard InChI is InChI=1S/C10H15BrN2S/c1-8-2-4-13(6-9(8)11)7-10-12-3-5-14-10/h3,5,8-9H,2,4,6-7H2,1H3. The number of aromatic nitrogens is 1. The summed E-state index contributed by atoms with van der Waals surface area (Å²) in [6.07, 6.45) is 3.18. The van der Waals surface area contributed by atoms with Crippen molar-refractivity contribution < 1.29 is 0 Å². The van der Waals surface area contributed by atoms with E-state index in [1.54, 1.807) is 11.3 Å². The summed E-state index contributed by atoms with van der Waals surface area (Å²) in [6, 6.07) is 0. The van der Waals surface area contributed by atoms with E-state index in [2.05, 4.69) is 32.7 Å². The highest BCUT2D eigenvalue weighted by Crippen LogP contribution is 2.24. The van der Waals surface area contributed by atoms with E-state index in [0.29, 0.717) is 4.83 Å². The Morgan fingerprint density at radius 3 is 3.21 bits per heavy atom. The van der Waals surface area contributed by atoms with Gasteiger partial charge in [-0.25, -0.2) is 4.98 Å². The van der Waals surface area contributed by atoms with Gasteiger partial charge in [0.15, 0.2) is 0 Å². The van der Waals surface area contributed by atoms with Crippen LogP contribution in [0.4, 0.5) is 0 Å². The number of hydrogen-bond donors (Lipinski definition) is 0. The van der Waals surface area contributed by atoms with Crippen molar-refractivity contribution in [3.8, 4) is 0 Å². The third-order valence-electron chi connectivity index (χ3n) is 2.79. The van der Waals surface area contributed by atoms with Gasteiger partial charge in [0.2, 0.25) is 0 Å². The second kappa shape index (κ2) is 4.73. The van der Waals surface area contributed by atoms with Gasteiger partial charge in [-0.1, -0.05) is 22.9 Å². The molecule has 4 heteroatoms. The second-order valence-electron chi connectivity index (χ2n) is 3.94. The fraction of sp³-hybridized carbons (Fsp3) is 0.700. The molecule has 0 radical (unpaired) electrons. The van der Waals surface area contributed by atoms with E-state index in [9.17, 15) is 0 Å². The lowest BCUT2D eigenvalue weighted by molar-refractivity contribution is 0.194. The molecule has 1 aliphatic heterocycles. The zero-order chi connectivity index (χ0) is 9.97. The van der Waals surface area contributed by atoms with Crippen LogP contribution in [0.1, 0.15) is 18.4 Å². The van der Waals surface area contributed by atoms with Crippen molar-refractivity contribution in [1.29, 1.82) is 0 Å². The molecule has 14 heavy (non-hydrogen) atoms. The maximum atomic E-state index is 4.32. The Labute approximate surface area is 97.5 Å². The molecule has 0 bridgehead atoms. The Bertz CT molecular complexity index is 276. The molecule has 2 atom stereocenters. The lowest BCUT2D eigenvalue weighted by atomic mass is 9.99. The minimum absolute atomic E-state index is 0.649. The van der Waals surface area contributed by atoms with E-state index in [4.69, 9.17) is 0 Å². The van der Waals surface area contributed by atoms with Crippen LogP contribution < -0.4 is 0 Å². The Morgan fingerprint density at radius 1 is 1.71 bits per heavy atom. The van der Waals surface area contributed by atoms with Crippen LogP contribution in [0.15, 0.2) is 11.6 Å². The predicted octanol–water partition coefficient (Wildman–Crippen LogP) is 2.75. The Balaban J connectivity index is 1.88. The van der Waals surface area contributed by atoms with Crippen LogP contribution in [0.5, 0.6) is 0 Å². The monoisotopic (exact) mass is 274 g/mol. The van der Waals surface area contributed by atoms with Crippen molar-refractivity contribution in [2.75, 3.05) is 13.1 Å². The molecule has 2 heterocycles. The molecule has 0 spiro atoms. The van der Waals surface area contributed by atoms with E-state index in [0.717, 1.165) is 19.0 Å². The van der Waals surface area contributed by atoms with Gasteiger partial charge in [0, 0.05) is 22.9 Å². The molecular weight excluding hydrogens is 260 g/mol. The number of rotatable bonds is 2. The van der Waals surface area contributed by atoms with E-state index in [1.165, 1.54) is 18.0 Å². The van der Waals surface area contributed by atoms with Crippen LogP contribution in [-0.4, -0.2) is 27.8 Å². The molecule has 0 aromatic carbocycles. The van der Waals surface area contributed by atoms with Crippen molar-refractivity contribution in [1.82, 2.24) is 9.88 Å². The SMILES string of the molecule is CC1CCN(Cc2nccs2)CC1Br. The Kier molecular flexibility index (Phi) is 3.57. The highest BCUT2D eigenvalue weighted by molar-refractivity contribution is 9.09. The number of alkyl halides is 1. The number of halogens is 1. The van der Waals surface area contributed by atoms with Gasteiger partial charge in [-0.3, -0.25) is 4.90 Å². The Morgan fingerprint density at radius 2 is 2.57 bits per heavy atom. The van der Waals surface area contributed by atoms with Crippen molar-refractivity contribution in [2.24, 2.45) is 5.92 Å². The summed E-state index contributed by atoms with van der Waals surface area (Å²) >= 11 is 5.49.